The van der Waals surface area contributed by atoms with Gasteiger partial charge in [-0.15, -0.1) is 0 Å². The monoisotopic (exact) mass is 290 g/mol. The predicted octanol–water partition coefficient (Wildman–Crippen LogP) is -0.783. The molecule has 0 radical (unpaired) electrons. The van der Waals surface area contributed by atoms with E-state index in [2.05, 4.69) is 23.3 Å². The lowest BCUT2D eigenvalue weighted by Crippen LogP contribution is -2.49. The van der Waals surface area contributed by atoms with E-state index in [9.17, 15) is 19.2 Å². The average molecular weight is 290 g/mol. The molecule has 0 saturated heterocycles. The standard InChI is InChI=1S/C11H18N2O5S/c1-7(5-14)2-3-9(15)13-8(6-19)11(18)12-4-10(16)17/h5,7-8,19H,2-4,6H2,1H3,(H,12,18)(H,13,15)(H,16,17). The molecule has 0 rings (SSSR count). The zero-order valence-corrected chi connectivity index (χ0v) is 11.5. The molecular weight excluding hydrogens is 272 g/mol. The van der Waals surface area contributed by atoms with Crippen LogP contribution < -0.4 is 10.6 Å². The van der Waals surface area contributed by atoms with Crippen LogP contribution in [0.5, 0.6) is 0 Å². The number of thiol groups is 1. The van der Waals surface area contributed by atoms with Crippen LogP contribution in [0.4, 0.5) is 0 Å². The third-order valence-corrected chi connectivity index (χ3v) is 2.67. The zero-order chi connectivity index (χ0) is 14.8. The molecule has 0 aliphatic rings. The lowest BCUT2D eigenvalue weighted by Gasteiger charge is -2.16. The molecule has 0 aromatic rings. The lowest BCUT2D eigenvalue weighted by atomic mass is 10.1. The average Bonchev–Trinajstić information content (AvgIpc) is 2.39. The summed E-state index contributed by atoms with van der Waals surface area (Å²) in [6.45, 7) is 1.18. The Morgan fingerprint density at radius 2 is 2.00 bits per heavy atom. The van der Waals surface area contributed by atoms with Gasteiger partial charge in [-0.25, -0.2) is 0 Å². The van der Waals surface area contributed by atoms with Crippen molar-refractivity contribution < 1.29 is 24.3 Å². The highest BCUT2D eigenvalue weighted by atomic mass is 32.1. The Balaban J connectivity index is 4.16. The van der Waals surface area contributed by atoms with Gasteiger partial charge >= 0.3 is 5.97 Å². The minimum Gasteiger partial charge on any atom is -0.480 e. The quantitative estimate of drug-likeness (QED) is 0.328. The molecule has 0 aliphatic heterocycles. The van der Waals surface area contributed by atoms with Crippen molar-refractivity contribution in [2.24, 2.45) is 5.92 Å². The van der Waals surface area contributed by atoms with Crippen LogP contribution in [0.2, 0.25) is 0 Å². The number of rotatable bonds is 9. The Morgan fingerprint density at radius 3 is 2.47 bits per heavy atom. The summed E-state index contributed by atoms with van der Waals surface area (Å²) in [5, 5.41) is 13.0. The number of aldehydes is 1. The zero-order valence-electron chi connectivity index (χ0n) is 10.6. The third kappa shape index (κ3) is 8.20. The Hall–Kier alpha value is -1.57. The van der Waals surface area contributed by atoms with Gasteiger partial charge in [0.15, 0.2) is 0 Å². The molecule has 2 atom stereocenters. The fourth-order valence-corrected chi connectivity index (χ4v) is 1.43. The predicted molar refractivity (Wildman–Crippen MR) is 70.9 cm³/mol. The second-order valence-electron chi connectivity index (χ2n) is 4.07. The van der Waals surface area contributed by atoms with Crippen molar-refractivity contribution in [3.8, 4) is 0 Å². The Bertz CT molecular complexity index is 348. The molecule has 0 aromatic heterocycles. The Labute approximate surface area is 116 Å². The first kappa shape index (κ1) is 17.4. The molecule has 7 nitrogen and oxygen atoms in total. The highest BCUT2D eigenvalue weighted by molar-refractivity contribution is 7.80. The first-order valence-corrected chi connectivity index (χ1v) is 6.39. The van der Waals surface area contributed by atoms with Crippen molar-refractivity contribution in [1.82, 2.24) is 10.6 Å². The minimum absolute atomic E-state index is 0.0560. The van der Waals surface area contributed by atoms with E-state index >= 15 is 0 Å². The van der Waals surface area contributed by atoms with Gasteiger partial charge in [0.1, 0.15) is 18.9 Å². The third-order valence-electron chi connectivity index (χ3n) is 2.31. The summed E-state index contributed by atoms with van der Waals surface area (Å²) in [6, 6.07) is -0.887. The van der Waals surface area contributed by atoms with E-state index in [0.717, 1.165) is 6.29 Å². The van der Waals surface area contributed by atoms with Gasteiger partial charge in [0, 0.05) is 18.1 Å². The fraction of sp³-hybridized carbons (Fsp3) is 0.636. The topological polar surface area (TPSA) is 113 Å². The number of nitrogens with one attached hydrogen (secondary N) is 2. The van der Waals surface area contributed by atoms with Gasteiger partial charge in [0.2, 0.25) is 11.8 Å². The van der Waals surface area contributed by atoms with E-state index in [1.54, 1.807) is 6.92 Å². The lowest BCUT2D eigenvalue weighted by molar-refractivity contribution is -0.138. The van der Waals surface area contributed by atoms with Crippen molar-refractivity contribution in [3.63, 3.8) is 0 Å². The van der Waals surface area contributed by atoms with Crippen molar-refractivity contribution in [2.75, 3.05) is 12.3 Å². The molecule has 19 heavy (non-hydrogen) atoms. The first-order chi connectivity index (χ1) is 8.90. The number of aliphatic carboxylic acids is 1. The van der Waals surface area contributed by atoms with E-state index in [1.807, 2.05) is 0 Å². The molecule has 8 heteroatoms. The summed E-state index contributed by atoms with van der Waals surface area (Å²) in [7, 11) is 0. The van der Waals surface area contributed by atoms with Crippen LogP contribution >= 0.6 is 12.6 Å². The van der Waals surface area contributed by atoms with Crippen molar-refractivity contribution in [1.29, 1.82) is 0 Å². The van der Waals surface area contributed by atoms with Crippen LogP contribution in [0.15, 0.2) is 0 Å². The van der Waals surface area contributed by atoms with E-state index in [0.29, 0.717) is 6.42 Å². The van der Waals surface area contributed by atoms with E-state index in [1.165, 1.54) is 0 Å². The molecular formula is C11H18N2O5S. The van der Waals surface area contributed by atoms with Gasteiger partial charge in [0.25, 0.3) is 0 Å². The smallest absolute Gasteiger partial charge is 0.322 e. The van der Waals surface area contributed by atoms with Gasteiger partial charge in [-0.1, -0.05) is 6.92 Å². The summed E-state index contributed by atoms with van der Waals surface area (Å²) in [4.78, 5) is 43.7. The number of carboxylic acid groups (broad SMARTS) is 1. The normalized spacial score (nSPS) is 13.2. The molecule has 2 unspecified atom stereocenters. The number of hydrogen-bond acceptors (Lipinski definition) is 5. The summed E-state index contributed by atoms with van der Waals surface area (Å²) in [5.41, 5.74) is 0. The van der Waals surface area contributed by atoms with Crippen LogP contribution in [0.3, 0.4) is 0 Å². The number of carboxylic acids is 1. The second kappa shape index (κ2) is 9.37. The summed E-state index contributed by atoms with van der Waals surface area (Å²) < 4.78 is 0. The van der Waals surface area contributed by atoms with Crippen LogP contribution in [0.1, 0.15) is 19.8 Å². The fourth-order valence-electron chi connectivity index (χ4n) is 1.17. The molecule has 0 spiro atoms. The molecule has 0 fully saturated rings. The van der Waals surface area contributed by atoms with Gasteiger partial charge in [-0.2, -0.15) is 12.6 Å². The van der Waals surface area contributed by atoms with Crippen molar-refractivity contribution in [2.45, 2.75) is 25.8 Å². The molecule has 0 aliphatic carbocycles. The molecule has 0 saturated carbocycles. The Kier molecular flexibility index (Phi) is 8.60. The molecule has 0 heterocycles. The molecule has 2 amide bonds. The van der Waals surface area contributed by atoms with Gasteiger partial charge in [-0.3, -0.25) is 14.4 Å². The van der Waals surface area contributed by atoms with E-state index in [4.69, 9.17) is 5.11 Å². The molecule has 0 bridgehead atoms. The summed E-state index contributed by atoms with van der Waals surface area (Å²) >= 11 is 3.92. The SMILES string of the molecule is CC(C=O)CCC(=O)NC(CS)C(=O)NCC(=O)O. The largest absolute Gasteiger partial charge is 0.480 e. The van der Waals surface area contributed by atoms with Gasteiger partial charge in [0.05, 0.1) is 0 Å². The maximum absolute atomic E-state index is 11.5. The first-order valence-electron chi connectivity index (χ1n) is 5.75. The number of carbonyl (C=O) groups excluding carboxylic acids is 3. The summed E-state index contributed by atoms with van der Waals surface area (Å²) in [5.74, 6) is -2.31. The number of hydrogen-bond donors (Lipinski definition) is 4. The summed E-state index contributed by atoms with van der Waals surface area (Å²) in [6.07, 6.45) is 1.27. The maximum atomic E-state index is 11.5. The molecule has 3 N–H and O–H groups in total. The molecule has 108 valence electrons. The van der Waals surface area contributed by atoms with E-state index < -0.39 is 24.5 Å². The van der Waals surface area contributed by atoms with Gasteiger partial charge < -0.3 is 20.5 Å². The minimum atomic E-state index is -1.17. The Morgan fingerprint density at radius 1 is 1.37 bits per heavy atom. The molecule has 0 aromatic carbocycles. The maximum Gasteiger partial charge on any atom is 0.322 e. The van der Waals surface area contributed by atoms with E-state index in [-0.39, 0.29) is 24.0 Å². The van der Waals surface area contributed by atoms with Crippen molar-refractivity contribution in [3.05, 3.63) is 0 Å². The number of carbonyl (C=O) groups is 4. The number of amides is 2. The van der Waals surface area contributed by atoms with Crippen LogP contribution in [0.25, 0.3) is 0 Å². The van der Waals surface area contributed by atoms with Gasteiger partial charge in [-0.05, 0) is 6.42 Å². The van der Waals surface area contributed by atoms with Crippen molar-refractivity contribution >= 4 is 36.7 Å². The van der Waals surface area contributed by atoms with Crippen LogP contribution in [-0.2, 0) is 19.2 Å². The highest BCUT2D eigenvalue weighted by Gasteiger charge is 2.19. The highest BCUT2D eigenvalue weighted by Crippen LogP contribution is 2.02. The second-order valence-corrected chi connectivity index (χ2v) is 4.43. The van der Waals surface area contributed by atoms with Crippen LogP contribution in [-0.4, -0.2) is 47.5 Å². The van der Waals surface area contributed by atoms with Crippen LogP contribution in [0, 0.1) is 5.92 Å².